The van der Waals surface area contributed by atoms with Gasteiger partial charge in [-0.25, -0.2) is 9.78 Å². The summed E-state index contributed by atoms with van der Waals surface area (Å²) in [5, 5.41) is 0. The van der Waals surface area contributed by atoms with Gasteiger partial charge in [0.2, 0.25) is 0 Å². The summed E-state index contributed by atoms with van der Waals surface area (Å²) >= 11 is 0. The Labute approximate surface area is 90.1 Å². The van der Waals surface area contributed by atoms with Gasteiger partial charge in [0, 0.05) is 13.7 Å². The molecule has 2 aromatic rings. The number of aromatic amines is 2. The number of aromatic nitrogens is 4. The van der Waals surface area contributed by atoms with E-state index in [1.54, 1.807) is 0 Å². The van der Waals surface area contributed by atoms with Crippen LogP contribution >= 0.6 is 0 Å². The van der Waals surface area contributed by atoms with Crippen LogP contribution in [-0.4, -0.2) is 26.6 Å². The van der Waals surface area contributed by atoms with Crippen LogP contribution < -0.4 is 11.2 Å². The van der Waals surface area contributed by atoms with Crippen LogP contribution in [-0.2, 0) is 17.9 Å². The van der Waals surface area contributed by atoms with E-state index in [9.17, 15) is 9.59 Å². The molecular formula is C9H12N4O3. The first-order valence-electron chi connectivity index (χ1n) is 4.88. The summed E-state index contributed by atoms with van der Waals surface area (Å²) in [7, 11) is 1.53. The van der Waals surface area contributed by atoms with E-state index in [1.807, 2.05) is 6.92 Å². The van der Waals surface area contributed by atoms with Crippen LogP contribution in [0.5, 0.6) is 0 Å². The van der Waals surface area contributed by atoms with Crippen LogP contribution in [0.4, 0.5) is 0 Å². The predicted octanol–water partition coefficient (Wildman–Crippen LogP) is -0.421. The largest absolute Gasteiger partial charge is 0.377 e. The lowest BCUT2D eigenvalue weighted by molar-refractivity contribution is 0.179. The fraction of sp³-hybridized carbons (Fsp3) is 0.444. The highest BCUT2D eigenvalue weighted by Crippen LogP contribution is 2.05. The van der Waals surface area contributed by atoms with Gasteiger partial charge in [-0.15, -0.1) is 0 Å². The number of aryl methyl sites for hydroxylation is 1. The highest BCUT2D eigenvalue weighted by Gasteiger charge is 2.11. The number of nitrogens with one attached hydrogen (secondary N) is 2. The Morgan fingerprint density at radius 3 is 2.75 bits per heavy atom. The van der Waals surface area contributed by atoms with Gasteiger partial charge >= 0.3 is 5.69 Å². The fourth-order valence-corrected chi connectivity index (χ4v) is 1.59. The first-order chi connectivity index (χ1) is 7.67. The molecular weight excluding hydrogens is 212 g/mol. The van der Waals surface area contributed by atoms with Gasteiger partial charge in [-0.2, -0.15) is 0 Å². The molecule has 0 spiro atoms. The van der Waals surface area contributed by atoms with Crippen LogP contribution in [0, 0.1) is 0 Å². The molecule has 2 heterocycles. The van der Waals surface area contributed by atoms with E-state index < -0.39 is 11.2 Å². The molecule has 0 fully saturated rings. The molecule has 0 amide bonds. The molecule has 7 heteroatoms. The van der Waals surface area contributed by atoms with Crippen LogP contribution in [0.25, 0.3) is 11.2 Å². The summed E-state index contributed by atoms with van der Waals surface area (Å²) in [6.07, 6.45) is 0. The maximum Gasteiger partial charge on any atom is 0.330 e. The Morgan fingerprint density at radius 2 is 2.12 bits per heavy atom. The molecule has 0 bridgehead atoms. The molecule has 0 unspecified atom stereocenters. The SMILES string of the molecule is CCn1c(=O)[nH]c(=O)c2[nH]c(COC)nc21. The number of H-pyrrole nitrogens is 2. The molecule has 2 aromatic heterocycles. The number of fused-ring (bicyclic) bond motifs is 1. The number of ether oxygens (including phenoxy) is 1. The zero-order chi connectivity index (χ0) is 11.7. The number of methoxy groups -OCH3 is 1. The molecule has 2 rings (SSSR count). The molecule has 86 valence electrons. The van der Waals surface area contributed by atoms with E-state index in [-0.39, 0.29) is 6.61 Å². The van der Waals surface area contributed by atoms with E-state index in [0.717, 1.165) is 0 Å². The van der Waals surface area contributed by atoms with Crippen molar-refractivity contribution in [3.63, 3.8) is 0 Å². The zero-order valence-corrected chi connectivity index (χ0v) is 9.03. The minimum atomic E-state index is -0.459. The van der Waals surface area contributed by atoms with Gasteiger partial charge in [0.05, 0.1) is 0 Å². The van der Waals surface area contributed by atoms with Crippen LogP contribution in [0.15, 0.2) is 9.59 Å². The van der Waals surface area contributed by atoms with E-state index in [4.69, 9.17) is 4.74 Å². The quantitative estimate of drug-likeness (QED) is 0.740. The molecule has 7 nitrogen and oxygen atoms in total. The topological polar surface area (TPSA) is 92.8 Å². The average Bonchev–Trinajstić information content (AvgIpc) is 2.63. The van der Waals surface area contributed by atoms with Gasteiger partial charge < -0.3 is 9.72 Å². The Bertz CT molecular complexity index is 622. The van der Waals surface area contributed by atoms with Crippen LogP contribution in [0.3, 0.4) is 0 Å². The second kappa shape index (κ2) is 3.93. The van der Waals surface area contributed by atoms with E-state index >= 15 is 0 Å². The monoisotopic (exact) mass is 224 g/mol. The van der Waals surface area contributed by atoms with Gasteiger partial charge in [-0.3, -0.25) is 14.3 Å². The predicted molar refractivity (Wildman–Crippen MR) is 57.4 cm³/mol. The van der Waals surface area contributed by atoms with Crippen molar-refractivity contribution in [2.75, 3.05) is 7.11 Å². The third kappa shape index (κ3) is 1.54. The number of hydrogen-bond donors (Lipinski definition) is 2. The van der Waals surface area contributed by atoms with Crippen molar-refractivity contribution < 1.29 is 4.74 Å². The zero-order valence-electron chi connectivity index (χ0n) is 9.03. The summed E-state index contributed by atoms with van der Waals surface area (Å²) in [4.78, 5) is 32.2. The second-order valence-corrected chi connectivity index (χ2v) is 3.32. The lowest BCUT2D eigenvalue weighted by atomic mass is 10.5. The first kappa shape index (κ1) is 10.6. The molecule has 0 saturated carbocycles. The van der Waals surface area contributed by atoms with Gasteiger partial charge in [-0.1, -0.05) is 0 Å². The highest BCUT2D eigenvalue weighted by molar-refractivity contribution is 5.69. The molecule has 0 saturated heterocycles. The minimum Gasteiger partial charge on any atom is -0.377 e. The molecule has 0 aliphatic heterocycles. The summed E-state index contributed by atoms with van der Waals surface area (Å²) in [5.41, 5.74) is -0.244. The number of nitrogens with zero attached hydrogens (tertiary/aromatic N) is 2. The Balaban J connectivity index is 2.79. The summed E-state index contributed by atoms with van der Waals surface area (Å²) in [6.45, 7) is 2.53. The fourth-order valence-electron chi connectivity index (χ4n) is 1.59. The van der Waals surface area contributed by atoms with Crippen molar-refractivity contribution in [1.29, 1.82) is 0 Å². The standard InChI is InChI=1S/C9H12N4O3/c1-3-13-7-6(8(14)12-9(13)15)10-5(11-7)4-16-2/h3-4H2,1-2H3,(H,10,11)(H,12,14,15). The maximum atomic E-state index is 11.5. The van der Waals surface area contributed by atoms with Crippen molar-refractivity contribution in [3.05, 3.63) is 26.7 Å². The normalized spacial score (nSPS) is 11.1. The molecule has 0 aliphatic rings. The molecule has 0 aliphatic carbocycles. The first-order valence-corrected chi connectivity index (χ1v) is 4.88. The maximum absolute atomic E-state index is 11.5. The molecule has 0 aromatic carbocycles. The lowest BCUT2D eigenvalue weighted by Gasteiger charge is -1.99. The van der Waals surface area contributed by atoms with Crippen molar-refractivity contribution >= 4 is 11.2 Å². The summed E-state index contributed by atoms with van der Waals surface area (Å²) < 4.78 is 6.30. The van der Waals surface area contributed by atoms with E-state index in [2.05, 4.69) is 15.0 Å². The number of rotatable bonds is 3. The van der Waals surface area contributed by atoms with Crippen molar-refractivity contribution in [1.82, 2.24) is 19.5 Å². The second-order valence-electron chi connectivity index (χ2n) is 3.32. The Hall–Kier alpha value is -1.89. The van der Waals surface area contributed by atoms with E-state index in [1.165, 1.54) is 11.7 Å². The van der Waals surface area contributed by atoms with Gasteiger partial charge in [0.25, 0.3) is 5.56 Å². The smallest absolute Gasteiger partial charge is 0.330 e. The Morgan fingerprint density at radius 1 is 1.38 bits per heavy atom. The molecule has 0 radical (unpaired) electrons. The average molecular weight is 224 g/mol. The van der Waals surface area contributed by atoms with Gasteiger partial charge in [-0.05, 0) is 6.92 Å². The number of hydrogen-bond acceptors (Lipinski definition) is 4. The van der Waals surface area contributed by atoms with Gasteiger partial charge in [0.1, 0.15) is 17.9 Å². The van der Waals surface area contributed by atoms with Gasteiger partial charge in [0.15, 0.2) is 5.65 Å². The van der Waals surface area contributed by atoms with Crippen molar-refractivity contribution in [2.24, 2.45) is 0 Å². The van der Waals surface area contributed by atoms with Crippen molar-refractivity contribution in [3.8, 4) is 0 Å². The summed E-state index contributed by atoms with van der Waals surface area (Å²) in [5.74, 6) is 0.524. The third-order valence-electron chi connectivity index (χ3n) is 2.28. The van der Waals surface area contributed by atoms with Crippen LogP contribution in [0.1, 0.15) is 12.7 Å². The lowest BCUT2D eigenvalue weighted by Crippen LogP contribution is -2.29. The van der Waals surface area contributed by atoms with E-state index in [0.29, 0.717) is 23.5 Å². The third-order valence-corrected chi connectivity index (χ3v) is 2.28. The highest BCUT2D eigenvalue weighted by atomic mass is 16.5. The molecule has 2 N–H and O–H groups in total. The Kier molecular flexibility index (Phi) is 2.61. The molecule has 16 heavy (non-hydrogen) atoms. The molecule has 0 atom stereocenters. The number of imidazole rings is 1. The van der Waals surface area contributed by atoms with Crippen LogP contribution in [0.2, 0.25) is 0 Å². The summed E-state index contributed by atoms with van der Waals surface area (Å²) in [6, 6.07) is 0. The minimum absolute atomic E-state index is 0.270. The van der Waals surface area contributed by atoms with Crippen molar-refractivity contribution in [2.45, 2.75) is 20.1 Å².